The van der Waals surface area contributed by atoms with Crippen LogP contribution in [0.4, 0.5) is 17.6 Å². The summed E-state index contributed by atoms with van der Waals surface area (Å²) in [7, 11) is 0. The Bertz CT molecular complexity index is 703. The zero-order valence-corrected chi connectivity index (χ0v) is 13.4. The minimum atomic E-state index is -5.01. The van der Waals surface area contributed by atoms with Crippen LogP contribution in [0.5, 0.6) is 5.75 Å². The molecular weight excluding hydrogens is 375 g/mol. The monoisotopic (exact) mass is 384 g/mol. The predicted octanol–water partition coefficient (Wildman–Crippen LogP) is 4.24. The molecule has 0 aliphatic heterocycles. The van der Waals surface area contributed by atoms with Gasteiger partial charge in [-0.3, -0.25) is 9.79 Å². The number of halogens is 6. The van der Waals surface area contributed by atoms with Crippen LogP contribution in [0.1, 0.15) is 5.56 Å². The molecule has 0 saturated carbocycles. The van der Waals surface area contributed by atoms with Gasteiger partial charge >= 0.3 is 6.36 Å². The zero-order valence-electron chi connectivity index (χ0n) is 11.9. The normalized spacial score (nSPS) is 12.2. The summed E-state index contributed by atoms with van der Waals surface area (Å²) in [5.41, 5.74) is -0.0524. The van der Waals surface area contributed by atoms with Crippen molar-refractivity contribution in [2.75, 3.05) is 0 Å². The summed E-state index contributed by atoms with van der Waals surface area (Å²) in [4.78, 5) is 15.3. The fourth-order valence-corrected chi connectivity index (χ4v) is 1.96. The number of carbonyl (C=O) groups excluding carboxylic acids is 1. The summed E-state index contributed by atoms with van der Waals surface area (Å²) in [6.07, 6.45) is -5.01. The van der Waals surface area contributed by atoms with Crippen LogP contribution >= 0.6 is 23.2 Å². The molecule has 0 radical (unpaired) electrons. The average molecular weight is 385 g/mol. The van der Waals surface area contributed by atoms with Crippen molar-refractivity contribution in [1.29, 1.82) is 0 Å². The van der Waals surface area contributed by atoms with Crippen molar-refractivity contribution >= 4 is 35.8 Å². The van der Waals surface area contributed by atoms with E-state index >= 15 is 0 Å². The summed E-state index contributed by atoms with van der Waals surface area (Å²) in [5, 5.41) is 1.87. The highest BCUT2D eigenvalue weighted by Crippen LogP contribution is 2.26. The second-order valence-electron chi connectivity index (χ2n) is 4.22. The van der Waals surface area contributed by atoms with E-state index in [1.165, 1.54) is 0 Å². The van der Waals surface area contributed by atoms with Gasteiger partial charge in [0.05, 0.1) is 5.57 Å². The molecule has 0 spiro atoms. The van der Waals surface area contributed by atoms with E-state index in [9.17, 15) is 22.4 Å². The van der Waals surface area contributed by atoms with Crippen LogP contribution in [0, 0.1) is 5.82 Å². The Morgan fingerprint density at radius 2 is 1.96 bits per heavy atom. The van der Waals surface area contributed by atoms with Crippen molar-refractivity contribution in [3.8, 4) is 5.75 Å². The summed E-state index contributed by atoms with van der Waals surface area (Å²) in [6.45, 7) is 6.28. The van der Waals surface area contributed by atoms with Crippen molar-refractivity contribution in [3.05, 3.63) is 51.9 Å². The number of aliphatic imine (C=N–C) groups is 1. The molecule has 0 atom stereocenters. The molecule has 1 rings (SSSR count). The van der Waals surface area contributed by atoms with Crippen molar-refractivity contribution in [1.82, 2.24) is 5.32 Å². The topological polar surface area (TPSA) is 50.7 Å². The lowest BCUT2D eigenvalue weighted by atomic mass is 10.2. The van der Waals surface area contributed by atoms with E-state index in [2.05, 4.69) is 28.3 Å². The second-order valence-corrected chi connectivity index (χ2v) is 5.04. The lowest BCUT2D eigenvalue weighted by Gasteiger charge is -2.11. The lowest BCUT2D eigenvalue weighted by Crippen LogP contribution is -2.25. The van der Waals surface area contributed by atoms with Gasteiger partial charge < -0.3 is 10.1 Å². The van der Waals surface area contributed by atoms with Gasteiger partial charge in [0.2, 0.25) is 0 Å². The van der Waals surface area contributed by atoms with Crippen LogP contribution in [0.2, 0.25) is 0 Å². The molecule has 1 N–H and O–H groups in total. The van der Waals surface area contributed by atoms with Gasteiger partial charge in [-0.15, -0.1) is 13.2 Å². The molecule has 0 bridgehead atoms. The first-order valence-electron chi connectivity index (χ1n) is 6.08. The number of nitrogens with zero attached hydrogens (tertiary/aromatic N) is 1. The highest BCUT2D eigenvalue weighted by molar-refractivity contribution is 6.39. The summed E-state index contributed by atoms with van der Waals surface area (Å²) >= 11 is 11.3. The third kappa shape index (κ3) is 5.86. The molecule has 0 fully saturated rings. The van der Waals surface area contributed by atoms with Gasteiger partial charge in [0, 0.05) is 11.6 Å². The fraction of sp³-hybridized carbons (Fsp3) is 0.143. The van der Waals surface area contributed by atoms with Gasteiger partial charge in [0.15, 0.2) is 11.6 Å². The van der Waals surface area contributed by atoms with E-state index in [0.717, 1.165) is 18.2 Å². The van der Waals surface area contributed by atoms with Crippen molar-refractivity contribution in [3.63, 3.8) is 0 Å². The lowest BCUT2D eigenvalue weighted by molar-refractivity contribution is -0.275. The fourth-order valence-electron chi connectivity index (χ4n) is 1.54. The van der Waals surface area contributed by atoms with Crippen LogP contribution in [-0.4, -0.2) is 19.0 Å². The number of benzene rings is 1. The van der Waals surface area contributed by atoms with Crippen LogP contribution in [0.3, 0.4) is 0 Å². The van der Waals surface area contributed by atoms with Crippen molar-refractivity contribution in [2.24, 2.45) is 4.99 Å². The standard InChI is InChI=1S/C14H10Cl2F4N2O2/c1-7(15)11(12(16)21-2)13(23)22-6-8-3-4-10(9(17)5-8)24-14(18,19)20/h3-5H,1-2,6H2,(H,22,23)/b12-11+. The Kier molecular flexibility index (Phi) is 6.80. The van der Waals surface area contributed by atoms with Gasteiger partial charge in [-0.1, -0.05) is 35.8 Å². The van der Waals surface area contributed by atoms with Crippen molar-refractivity contribution in [2.45, 2.75) is 12.9 Å². The smallest absolute Gasteiger partial charge is 0.403 e. The molecule has 0 saturated heterocycles. The van der Waals surface area contributed by atoms with Crippen molar-refractivity contribution < 1.29 is 27.1 Å². The van der Waals surface area contributed by atoms with Crippen LogP contribution in [0.15, 0.2) is 45.5 Å². The molecule has 0 unspecified atom stereocenters. The minimum Gasteiger partial charge on any atom is -0.403 e. The maximum atomic E-state index is 13.5. The van der Waals surface area contributed by atoms with Gasteiger partial charge in [-0.2, -0.15) is 0 Å². The van der Waals surface area contributed by atoms with Gasteiger partial charge in [-0.05, 0) is 24.4 Å². The first-order valence-corrected chi connectivity index (χ1v) is 6.84. The van der Waals surface area contributed by atoms with Crippen LogP contribution in [-0.2, 0) is 11.3 Å². The molecule has 0 aliphatic rings. The largest absolute Gasteiger partial charge is 0.573 e. The van der Waals surface area contributed by atoms with Gasteiger partial charge in [0.1, 0.15) is 5.16 Å². The Morgan fingerprint density at radius 3 is 2.42 bits per heavy atom. The molecule has 1 amide bonds. The molecule has 0 aliphatic carbocycles. The highest BCUT2D eigenvalue weighted by atomic mass is 35.5. The third-order valence-electron chi connectivity index (χ3n) is 2.52. The number of hydrogen-bond donors (Lipinski definition) is 1. The third-order valence-corrected chi connectivity index (χ3v) is 3.02. The van der Waals surface area contributed by atoms with Gasteiger partial charge in [0.25, 0.3) is 5.91 Å². The molecule has 1 aromatic carbocycles. The van der Waals surface area contributed by atoms with E-state index in [1.54, 1.807) is 0 Å². The molecule has 0 heterocycles. The van der Waals surface area contributed by atoms with E-state index in [4.69, 9.17) is 23.2 Å². The van der Waals surface area contributed by atoms with E-state index < -0.39 is 23.8 Å². The Labute approximate surface area is 144 Å². The number of carbonyl (C=O) groups is 1. The quantitative estimate of drug-likeness (QED) is 0.262. The maximum absolute atomic E-state index is 13.5. The Morgan fingerprint density at radius 1 is 1.33 bits per heavy atom. The highest BCUT2D eigenvalue weighted by Gasteiger charge is 2.32. The van der Waals surface area contributed by atoms with Crippen LogP contribution < -0.4 is 10.1 Å². The zero-order chi connectivity index (χ0) is 18.5. The summed E-state index contributed by atoms with van der Waals surface area (Å²) < 4.78 is 53.2. The maximum Gasteiger partial charge on any atom is 0.573 e. The average Bonchev–Trinajstić information content (AvgIpc) is 2.46. The number of alkyl halides is 3. The van der Waals surface area contributed by atoms with Gasteiger partial charge in [-0.25, -0.2) is 4.39 Å². The van der Waals surface area contributed by atoms with E-state index in [-0.39, 0.29) is 27.9 Å². The Balaban J connectivity index is 2.85. The second kappa shape index (κ2) is 8.16. The minimum absolute atomic E-state index is 0.178. The summed E-state index contributed by atoms with van der Waals surface area (Å²) in [6, 6.07) is 2.73. The number of rotatable bonds is 6. The van der Waals surface area contributed by atoms with E-state index in [0.29, 0.717) is 0 Å². The Hall–Kier alpha value is -2.06. The number of nitrogens with one attached hydrogen (secondary N) is 1. The molecular formula is C14H10Cl2F4N2O2. The molecule has 24 heavy (non-hydrogen) atoms. The molecule has 0 aromatic heterocycles. The number of ether oxygens (including phenoxy) is 1. The number of amides is 1. The predicted molar refractivity (Wildman–Crippen MR) is 82.4 cm³/mol. The summed E-state index contributed by atoms with van der Waals surface area (Å²) in [5.74, 6) is -2.97. The SMILES string of the molecule is C=N/C(Cl)=C(\C(=C)Cl)C(=O)NCc1ccc(OC(F)(F)F)c(F)c1. The van der Waals surface area contributed by atoms with Crippen LogP contribution in [0.25, 0.3) is 0 Å². The molecule has 130 valence electrons. The molecule has 1 aromatic rings. The first kappa shape index (κ1) is 20.0. The number of hydrogen-bond acceptors (Lipinski definition) is 3. The first-order chi connectivity index (χ1) is 11.0. The molecule has 4 nitrogen and oxygen atoms in total. The molecule has 10 heteroatoms. The van der Waals surface area contributed by atoms with E-state index in [1.807, 2.05) is 0 Å².